The van der Waals surface area contributed by atoms with E-state index in [1.165, 1.54) is 12.8 Å². The van der Waals surface area contributed by atoms with Crippen LogP contribution < -0.4 is 10.2 Å². The Bertz CT molecular complexity index is 399. The van der Waals surface area contributed by atoms with E-state index in [2.05, 4.69) is 40.1 Å². The minimum atomic E-state index is 0.454. The first kappa shape index (κ1) is 13.3. The lowest BCUT2D eigenvalue weighted by Gasteiger charge is -2.27. The highest BCUT2D eigenvalue weighted by Gasteiger charge is 2.27. The summed E-state index contributed by atoms with van der Waals surface area (Å²) in [6.07, 6.45) is 2.72. The largest absolute Gasteiger partial charge is 0.338 e. The van der Waals surface area contributed by atoms with Crippen LogP contribution in [0.5, 0.6) is 0 Å². The first-order chi connectivity index (χ1) is 8.60. The van der Waals surface area contributed by atoms with Crippen molar-refractivity contribution in [2.24, 2.45) is 5.92 Å². The van der Waals surface area contributed by atoms with Gasteiger partial charge in [0.2, 0.25) is 5.95 Å². The number of nitrogens with one attached hydrogen (secondary N) is 1. The molecule has 0 saturated heterocycles. The Morgan fingerprint density at radius 3 is 2.67 bits per heavy atom. The molecule has 0 bridgehead atoms. The summed E-state index contributed by atoms with van der Waals surface area (Å²) < 4.78 is 0. The number of rotatable bonds is 6. The normalized spacial score (nSPS) is 15.2. The van der Waals surface area contributed by atoms with Crippen molar-refractivity contribution < 1.29 is 0 Å². The fourth-order valence-electron chi connectivity index (χ4n) is 2.12. The molecule has 0 radical (unpaired) electrons. The van der Waals surface area contributed by atoms with Crippen LogP contribution in [-0.4, -0.2) is 29.6 Å². The van der Waals surface area contributed by atoms with Gasteiger partial charge in [0.15, 0.2) is 0 Å². The maximum Gasteiger partial charge on any atom is 0.226 e. The minimum absolute atomic E-state index is 0.454. The van der Waals surface area contributed by atoms with Crippen LogP contribution in [0, 0.1) is 12.8 Å². The van der Waals surface area contributed by atoms with Gasteiger partial charge in [-0.1, -0.05) is 0 Å². The van der Waals surface area contributed by atoms with Gasteiger partial charge in [-0.15, -0.1) is 0 Å². The second kappa shape index (κ2) is 5.65. The molecule has 100 valence electrons. The molecule has 0 unspecified atom stereocenters. The average molecular weight is 248 g/mol. The van der Waals surface area contributed by atoms with Gasteiger partial charge in [-0.3, -0.25) is 0 Å². The Kier molecular flexibility index (Phi) is 4.17. The Balaban J connectivity index is 2.21. The van der Waals surface area contributed by atoms with Crippen LogP contribution in [0.15, 0.2) is 6.07 Å². The number of anilines is 1. The summed E-state index contributed by atoms with van der Waals surface area (Å²) in [6, 6.07) is 2.50. The average Bonchev–Trinajstić information content (AvgIpc) is 3.08. The third-order valence-corrected chi connectivity index (χ3v) is 3.29. The highest BCUT2D eigenvalue weighted by molar-refractivity contribution is 5.34. The molecule has 1 aliphatic carbocycles. The van der Waals surface area contributed by atoms with E-state index in [0.717, 1.165) is 36.3 Å². The van der Waals surface area contributed by atoms with Crippen LogP contribution in [-0.2, 0) is 6.54 Å². The van der Waals surface area contributed by atoms with Gasteiger partial charge < -0.3 is 10.2 Å². The van der Waals surface area contributed by atoms with E-state index in [0.29, 0.717) is 6.04 Å². The molecule has 1 aromatic heterocycles. The lowest BCUT2D eigenvalue weighted by Crippen LogP contribution is -2.34. The molecule has 1 N–H and O–H groups in total. The molecule has 1 heterocycles. The fourth-order valence-corrected chi connectivity index (χ4v) is 2.12. The zero-order valence-electron chi connectivity index (χ0n) is 11.9. The van der Waals surface area contributed by atoms with Gasteiger partial charge in [-0.25, -0.2) is 9.97 Å². The van der Waals surface area contributed by atoms with Crippen molar-refractivity contribution in [2.45, 2.75) is 46.2 Å². The molecule has 2 rings (SSSR count). The molecule has 0 atom stereocenters. The van der Waals surface area contributed by atoms with Crippen LogP contribution in [0.3, 0.4) is 0 Å². The summed E-state index contributed by atoms with van der Waals surface area (Å²) >= 11 is 0. The van der Waals surface area contributed by atoms with Crippen molar-refractivity contribution in [1.29, 1.82) is 0 Å². The third kappa shape index (κ3) is 3.42. The van der Waals surface area contributed by atoms with E-state index in [1.807, 2.05) is 14.0 Å². The minimum Gasteiger partial charge on any atom is -0.338 e. The first-order valence-corrected chi connectivity index (χ1v) is 6.86. The molecule has 0 spiro atoms. The van der Waals surface area contributed by atoms with Crippen molar-refractivity contribution in [3.63, 3.8) is 0 Å². The number of hydrogen-bond donors (Lipinski definition) is 1. The van der Waals surface area contributed by atoms with Gasteiger partial charge in [0.05, 0.1) is 5.69 Å². The molecule has 0 aromatic carbocycles. The fraction of sp³-hybridized carbons (Fsp3) is 0.714. The SMILES string of the molecule is CNCc1cc(C)nc(N(CC2CC2)C(C)C)n1. The van der Waals surface area contributed by atoms with E-state index in [9.17, 15) is 0 Å². The Hall–Kier alpha value is -1.16. The number of hydrogen-bond acceptors (Lipinski definition) is 4. The number of nitrogens with zero attached hydrogens (tertiary/aromatic N) is 3. The molecule has 1 fully saturated rings. The van der Waals surface area contributed by atoms with Crippen molar-refractivity contribution in [3.05, 3.63) is 17.5 Å². The maximum atomic E-state index is 4.68. The predicted octanol–water partition coefficient (Wildman–Crippen LogP) is 2.13. The zero-order chi connectivity index (χ0) is 13.1. The first-order valence-electron chi connectivity index (χ1n) is 6.86. The van der Waals surface area contributed by atoms with Crippen LogP contribution >= 0.6 is 0 Å². The predicted molar refractivity (Wildman–Crippen MR) is 74.7 cm³/mol. The Morgan fingerprint density at radius 2 is 2.11 bits per heavy atom. The molecule has 0 aliphatic heterocycles. The highest BCUT2D eigenvalue weighted by Crippen LogP contribution is 2.31. The second-order valence-electron chi connectivity index (χ2n) is 5.52. The molecule has 1 aliphatic rings. The molecule has 0 amide bonds. The van der Waals surface area contributed by atoms with Crippen molar-refractivity contribution in [2.75, 3.05) is 18.5 Å². The molecule has 4 heteroatoms. The van der Waals surface area contributed by atoms with Crippen molar-refractivity contribution in [1.82, 2.24) is 15.3 Å². The topological polar surface area (TPSA) is 41.1 Å². The monoisotopic (exact) mass is 248 g/mol. The smallest absolute Gasteiger partial charge is 0.226 e. The van der Waals surface area contributed by atoms with Crippen LogP contribution in [0.25, 0.3) is 0 Å². The zero-order valence-corrected chi connectivity index (χ0v) is 11.9. The Morgan fingerprint density at radius 1 is 1.39 bits per heavy atom. The van der Waals surface area contributed by atoms with E-state index < -0.39 is 0 Å². The van der Waals surface area contributed by atoms with Gasteiger partial charge in [0.25, 0.3) is 0 Å². The molecule has 4 nitrogen and oxygen atoms in total. The standard InChI is InChI=1S/C14H24N4/c1-10(2)18(9-12-5-6-12)14-16-11(3)7-13(17-14)8-15-4/h7,10,12,15H,5-6,8-9H2,1-4H3. The summed E-state index contributed by atoms with van der Waals surface area (Å²) in [5.41, 5.74) is 2.12. The number of aryl methyl sites for hydroxylation is 1. The highest BCUT2D eigenvalue weighted by atomic mass is 15.3. The van der Waals surface area contributed by atoms with Crippen LogP contribution in [0.1, 0.15) is 38.1 Å². The van der Waals surface area contributed by atoms with Crippen LogP contribution in [0.4, 0.5) is 5.95 Å². The summed E-state index contributed by atoms with van der Waals surface area (Å²) in [7, 11) is 1.95. The van der Waals surface area contributed by atoms with Gasteiger partial charge in [0, 0.05) is 24.8 Å². The number of aromatic nitrogens is 2. The molecule has 18 heavy (non-hydrogen) atoms. The van der Waals surface area contributed by atoms with Gasteiger partial charge >= 0.3 is 0 Å². The van der Waals surface area contributed by atoms with Crippen molar-refractivity contribution >= 4 is 5.95 Å². The van der Waals surface area contributed by atoms with E-state index in [4.69, 9.17) is 0 Å². The quantitative estimate of drug-likeness (QED) is 0.837. The molecular formula is C14H24N4. The van der Waals surface area contributed by atoms with Crippen LogP contribution in [0.2, 0.25) is 0 Å². The lowest BCUT2D eigenvalue weighted by molar-refractivity contribution is 0.622. The third-order valence-electron chi connectivity index (χ3n) is 3.29. The molecular weight excluding hydrogens is 224 g/mol. The van der Waals surface area contributed by atoms with Gasteiger partial charge in [-0.2, -0.15) is 0 Å². The summed E-state index contributed by atoms with van der Waals surface area (Å²) in [4.78, 5) is 11.6. The summed E-state index contributed by atoms with van der Waals surface area (Å²) in [5.74, 6) is 1.74. The Labute approximate surface area is 110 Å². The second-order valence-corrected chi connectivity index (χ2v) is 5.52. The lowest BCUT2D eigenvalue weighted by atomic mass is 10.2. The van der Waals surface area contributed by atoms with Gasteiger partial charge in [-0.05, 0) is 52.6 Å². The molecule has 1 aromatic rings. The van der Waals surface area contributed by atoms with E-state index in [-0.39, 0.29) is 0 Å². The summed E-state index contributed by atoms with van der Waals surface area (Å²) in [5, 5.41) is 3.15. The molecule has 1 saturated carbocycles. The van der Waals surface area contributed by atoms with Crippen molar-refractivity contribution in [3.8, 4) is 0 Å². The maximum absolute atomic E-state index is 4.68. The van der Waals surface area contributed by atoms with E-state index in [1.54, 1.807) is 0 Å². The van der Waals surface area contributed by atoms with E-state index >= 15 is 0 Å². The summed E-state index contributed by atoms with van der Waals surface area (Å²) in [6.45, 7) is 8.36. The van der Waals surface area contributed by atoms with Gasteiger partial charge in [0.1, 0.15) is 0 Å².